The van der Waals surface area contributed by atoms with E-state index in [9.17, 15) is 9.59 Å². The van der Waals surface area contributed by atoms with Crippen LogP contribution in [0.1, 0.15) is 42.6 Å². The van der Waals surface area contributed by atoms with Crippen molar-refractivity contribution in [1.29, 1.82) is 0 Å². The predicted molar refractivity (Wildman–Crippen MR) is 118 cm³/mol. The van der Waals surface area contributed by atoms with Gasteiger partial charge in [-0.15, -0.1) is 0 Å². The molecule has 0 fully saturated rings. The van der Waals surface area contributed by atoms with Crippen molar-refractivity contribution in [2.75, 3.05) is 0 Å². The van der Waals surface area contributed by atoms with Crippen LogP contribution >= 0.6 is 11.3 Å². The molecule has 2 amide bonds. The molecule has 2 atom stereocenters. The monoisotopic (exact) mass is 404 g/mol. The molecule has 3 aromatic rings. The zero-order chi connectivity index (χ0) is 20.6. The van der Waals surface area contributed by atoms with Gasteiger partial charge in [0, 0.05) is 0 Å². The van der Waals surface area contributed by atoms with Gasteiger partial charge in [-0.1, -0.05) is 60.7 Å². The fourth-order valence-corrected chi connectivity index (χ4v) is 3.57. The lowest BCUT2D eigenvalue weighted by atomic mass is 10.1. The van der Waals surface area contributed by atoms with Crippen LogP contribution in [0.4, 0.5) is 0 Å². The quantitative estimate of drug-likeness (QED) is 0.335. The van der Waals surface area contributed by atoms with Gasteiger partial charge in [0.1, 0.15) is 5.57 Å². The zero-order valence-corrected chi connectivity index (χ0v) is 17.3. The number of rotatable bonds is 7. The molecule has 2 unspecified atom stereocenters. The number of carbonyl (C=O) groups excluding carboxylic acids is 2. The third-order valence-electron chi connectivity index (χ3n) is 4.64. The van der Waals surface area contributed by atoms with E-state index in [-0.39, 0.29) is 17.7 Å². The Kier molecular flexibility index (Phi) is 6.98. The van der Waals surface area contributed by atoms with Gasteiger partial charge in [-0.2, -0.15) is 11.3 Å². The first-order chi connectivity index (χ1) is 14.0. The minimum atomic E-state index is -0.398. The standard InChI is InChI=1S/C24H24N2O2S/c1-17(20-9-5-3-6-10-20)25-23(27)22(15-19-13-14-29-16-19)24(28)26-18(2)21-11-7-4-8-12-21/h3-18H,1-2H3,(H,25,27)(H,26,28). The smallest absolute Gasteiger partial charge is 0.257 e. The summed E-state index contributed by atoms with van der Waals surface area (Å²) < 4.78 is 0. The largest absolute Gasteiger partial charge is 0.345 e. The molecule has 0 saturated heterocycles. The highest BCUT2D eigenvalue weighted by Crippen LogP contribution is 2.17. The highest BCUT2D eigenvalue weighted by Gasteiger charge is 2.22. The second kappa shape index (κ2) is 9.85. The molecule has 0 bridgehead atoms. The third-order valence-corrected chi connectivity index (χ3v) is 5.34. The summed E-state index contributed by atoms with van der Waals surface area (Å²) in [7, 11) is 0. The number of thiophene rings is 1. The van der Waals surface area contributed by atoms with Gasteiger partial charge in [0.05, 0.1) is 12.1 Å². The van der Waals surface area contributed by atoms with Crippen LogP contribution in [0.3, 0.4) is 0 Å². The second-order valence-corrected chi connectivity index (χ2v) is 7.61. The Hall–Kier alpha value is -3.18. The molecule has 29 heavy (non-hydrogen) atoms. The first-order valence-electron chi connectivity index (χ1n) is 9.50. The Morgan fingerprint density at radius 2 is 1.28 bits per heavy atom. The summed E-state index contributed by atoms with van der Waals surface area (Å²) in [6.45, 7) is 3.81. The van der Waals surface area contributed by atoms with Gasteiger partial charge in [-0.05, 0) is 53.4 Å². The molecule has 3 rings (SSSR count). The van der Waals surface area contributed by atoms with Crippen molar-refractivity contribution in [3.05, 3.63) is 99.8 Å². The number of benzene rings is 2. The number of carbonyl (C=O) groups is 2. The van der Waals surface area contributed by atoms with Gasteiger partial charge in [-0.3, -0.25) is 9.59 Å². The molecule has 1 aromatic heterocycles. The summed E-state index contributed by atoms with van der Waals surface area (Å²) in [5.74, 6) is -0.796. The number of amides is 2. The van der Waals surface area contributed by atoms with E-state index in [1.165, 1.54) is 11.3 Å². The average Bonchev–Trinajstić information content (AvgIpc) is 3.26. The molecule has 4 nitrogen and oxygen atoms in total. The van der Waals surface area contributed by atoms with Crippen molar-refractivity contribution in [1.82, 2.24) is 10.6 Å². The lowest BCUT2D eigenvalue weighted by Crippen LogP contribution is -2.36. The molecule has 148 valence electrons. The van der Waals surface area contributed by atoms with Crippen LogP contribution in [-0.4, -0.2) is 11.8 Å². The summed E-state index contributed by atoms with van der Waals surface area (Å²) in [4.78, 5) is 26.0. The fraction of sp³-hybridized carbons (Fsp3) is 0.167. The van der Waals surface area contributed by atoms with Crippen molar-refractivity contribution < 1.29 is 9.59 Å². The van der Waals surface area contributed by atoms with Crippen molar-refractivity contribution in [2.45, 2.75) is 25.9 Å². The fourth-order valence-electron chi connectivity index (χ4n) is 2.96. The van der Waals surface area contributed by atoms with Crippen molar-refractivity contribution in [3.8, 4) is 0 Å². The topological polar surface area (TPSA) is 58.2 Å². The van der Waals surface area contributed by atoms with Gasteiger partial charge in [0.25, 0.3) is 11.8 Å². The second-order valence-electron chi connectivity index (χ2n) is 6.83. The average molecular weight is 405 g/mol. The predicted octanol–water partition coefficient (Wildman–Crippen LogP) is 4.89. The summed E-state index contributed by atoms with van der Waals surface area (Å²) in [6.07, 6.45) is 1.64. The Balaban J connectivity index is 1.79. The van der Waals surface area contributed by atoms with Crippen LogP contribution < -0.4 is 10.6 Å². The van der Waals surface area contributed by atoms with E-state index >= 15 is 0 Å². The van der Waals surface area contributed by atoms with E-state index in [0.717, 1.165) is 16.7 Å². The van der Waals surface area contributed by atoms with Gasteiger partial charge in [-0.25, -0.2) is 0 Å². The molecule has 5 heteroatoms. The first-order valence-corrected chi connectivity index (χ1v) is 10.4. The lowest BCUT2D eigenvalue weighted by molar-refractivity contribution is -0.124. The highest BCUT2D eigenvalue weighted by atomic mass is 32.1. The SMILES string of the molecule is CC(NC(=O)C(=Cc1ccsc1)C(=O)NC(C)c1ccccc1)c1ccccc1. The van der Waals surface area contributed by atoms with Crippen LogP contribution in [-0.2, 0) is 9.59 Å². The van der Waals surface area contributed by atoms with Crippen molar-refractivity contribution in [2.24, 2.45) is 0 Å². The Bertz CT molecular complexity index is 905. The van der Waals surface area contributed by atoms with Crippen LogP contribution in [0.15, 0.2) is 83.1 Å². The molecular weight excluding hydrogens is 380 g/mol. The number of hydrogen-bond donors (Lipinski definition) is 2. The molecule has 0 aliphatic carbocycles. The van der Waals surface area contributed by atoms with Crippen LogP contribution in [0.25, 0.3) is 6.08 Å². The van der Waals surface area contributed by atoms with Gasteiger partial charge >= 0.3 is 0 Å². The van der Waals surface area contributed by atoms with E-state index < -0.39 is 11.8 Å². The van der Waals surface area contributed by atoms with Crippen LogP contribution in [0, 0.1) is 0 Å². The molecular formula is C24H24N2O2S. The molecule has 0 radical (unpaired) electrons. The van der Waals surface area contributed by atoms with Crippen molar-refractivity contribution >= 4 is 29.2 Å². The summed E-state index contributed by atoms with van der Waals surface area (Å²) in [5.41, 5.74) is 2.88. The highest BCUT2D eigenvalue weighted by molar-refractivity contribution is 7.08. The maximum Gasteiger partial charge on any atom is 0.257 e. The Morgan fingerprint density at radius 3 is 1.69 bits per heavy atom. The van der Waals surface area contributed by atoms with E-state index in [1.807, 2.05) is 91.3 Å². The van der Waals surface area contributed by atoms with Crippen molar-refractivity contribution in [3.63, 3.8) is 0 Å². The summed E-state index contributed by atoms with van der Waals surface area (Å²) in [6, 6.07) is 20.8. The Labute approximate surface area is 175 Å². The molecule has 1 heterocycles. The first kappa shape index (κ1) is 20.6. The third kappa shape index (κ3) is 5.65. The van der Waals surface area contributed by atoms with Gasteiger partial charge < -0.3 is 10.6 Å². The zero-order valence-electron chi connectivity index (χ0n) is 16.5. The minimum absolute atomic E-state index is 0.0916. The maximum atomic E-state index is 13.0. The lowest BCUT2D eigenvalue weighted by Gasteiger charge is -2.18. The normalized spacial score (nSPS) is 12.5. The molecule has 0 aliphatic rings. The van der Waals surface area contributed by atoms with Crippen LogP contribution in [0.5, 0.6) is 0 Å². The minimum Gasteiger partial charge on any atom is -0.345 e. The Morgan fingerprint density at radius 1 is 0.793 bits per heavy atom. The maximum absolute atomic E-state index is 13.0. The summed E-state index contributed by atoms with van der Waals surface area (Å²) >= 11 is 1.52. The van der Waals surface area contributed by atoms with E-state index in [1.54, 1.807) is 6.08 Å². The number of hydrogen-bond acceptors (Lipinski definition) is 3. The molecule has 2 N–H and O–H groups in total. The number of nitrogens with one attached hydrogen (secondary N) is 2. The van der Waals surface area contributed by atoms with E-state index in [4.69, 9.17) is 0 Å². The van der Waals surface area contributed by atoms with E-state index in [2.05, 4.69) is 10.6 Å². The molecule has 2 aromatic carbocycles. The van der Waals surface area contributed by atoms with Gasteiger partial charge in [0.15, 0.2) is 0 Å². The molecule has 0 saturated carbocycles. The van der Waals surface area contributed by atoms with Gasteiger partial charge in [0.2, 0.25) is 0 Å². The molecule has 0 aliphatic heterocycles. The molecule has 0 spiro atoms. The van der Waals surface area contributed by atoms with E-state index in [0.29, 0.717) is 0 Å². The van der Waals surface area contributed by atoms with Crippen LogP contribution in [0.2, 0.25) is 0 Å². The summed E-state index contributed by atoms with van der Waals surface area (Å²) in [5, 5.41) is 9.70.